The standard InChI is InChI=1S/C15H19NO2/c17-15(18-11-12-5-2-1-3-6-12)13-9-14-7-4-8-16(14)10-13/h1-3,5-6,13-14H,4,7-11H2/t13-,14?/m0/s1. The highest BCUT2D eigenvalue weighted by molar-refractivity contribution is 5.73. The molecule has 0 aromatic heterocycles. The van der Waals surface area contributed by atoms with Crippen LogP contribution in [0.25, 0.3) is 0 Å². The maximum absolute atomic E-state index is 12.0. The van der Waals surface area contributed by atoms with Crippen LogP contribution in [0, 0.1) is 5.92 Å². The van der Waals surface area contributed by atoms with E-state index in [2.05, 4.69) is 4.90 Å². The molecule has 2 atom stereocenters. The Labute approximate surface area is 108 Å². The summed E-state index contributed by atoms with van der Waals surface area (Å²) < 4.78 is 5.41. The zero-order chi connectivity index (χ0) is 12.4. The summed E-state index contributed by atoms with van der Waals surface area (Å²) in [4.78, 5) is 14.4. The average molecular weight is 245 g/mol. The maximum Gasteiger partial charge on any atom is 0.310 e. The van der Waals surface area contributed by atoms with Crippen molar-refractivity contribution in [1.82, 2.24) is 4.90 Å². The summed E-state index contributed by atoms with van der Waals surface area (Å²) in [6, 6.07) is 10.5. The molecule has 0 N–H and O–H groups in total. The van der Waals surface area contributed by atoms with Gasteiger partial charge < -0.3 is 4.74 Å². The van der Waals surface area contributed by atoms with Crippen molar-refractivity contribution in [2.75, 3.05) is 13.1 Å². The van der Waals surface area contributed by atoms with Crippen molar-refractivity contribution in [2.45, 2.75) is 31.9 Å². The summed E-state index contributed by atoms with van der Waals surface area (Å²) in [5, 5.41) is 0. The average Bonchev–Trinajstić information content (AvgIpc) is 2.98. The molecule has 3 heteroatoms. The van der Waals surface area contributed by atoms with E-state index in [-0.39, 0.29) is 11.9 Å². The normalized spacial score (nSPS) is 27.1. The van der Waals surface area contributed by atoms with Crippen LogP contribution < -0.4 is 0 Å². The number of hydrogen-bond acceptors (Lipinski definition) is 3. The van der Waals surface area contributed by atoms with E-state index in [0.29, 0.717) is 12.6 Å². The number of rotatable bonds is 3. The van der Waals surface area contributed by atoms with Crippen LogP contribution in [0.2, 0.25) is 0 Å². The topological polar surface area (TPSA) is 29.5 Å². The molecule has 2 aliphatic rings. The van der Waals surface area contributed by atoms with Gasteiger partial charge in [0.25, 0.3) is 0 Å². The van der Waals surface area contributed by atoms with Crippen molar-refractivity contribution >= 4 is 5.97 Å². The lowest BCUT2D eigenvalue weighted by atomic mass is 10.0. The number of fused-ring (bicyclic) bond motifs is 1. The Balaban J connectivity index is 1.50. The third-order valence-electron chi connectivity index (χ3n) is 4.07. The van der Waals surface area contributed by atoms with Gasteiger partial charge >= 0.3 is 5.97 Å². The molecule has 2 saturated heterocycles. The predicted molar refractivity (Wildman–Crippen MR) is 68.9 cm³/mol. The summed E-state index contributed by atoms with van der Waals surface area (Å²) in [5.74, 6) is 0.0762. The number of carbonyl (C=O) groups is 1. The van der Waals surface area contributed by atoms with Crippen LogP contribution in [-0.2, 0) is 16.1 Å². The molecule has 1 aromatic rings. The van der Waals surface area contributed by atoms with Gasteiger partial charge in [-0.15, -0.1) is 0 Å². The van der Waals surface area contributed by atoms with E-state index in [0.717, 1.165) is 25.1 Å². The fourth-order valence-electron chi connectivity index (χ4n) is 3.11. The third-order valence-corrected chi connectivity index (χ3v) is 4.07. The Kier molecular flexibility index (Phi) is 3.33. The number of hydrogen-bond donors (Lipinski definition) is 0. The molecule has 0 saturated carbocycles. The highest BCUT2D eigenvalue weighted by Crippen LogP contribution is 2.31. The van der Waals surface area contributed by atoms with Gasteiger partial charge in [-0.3, -0.25) is 9.69 Å². The molecule has 0 spiro atoms. The second-order valence-corrected chi connectivity index (χ2v) is 5.32. The van der Waals surface area contributed by atoms with Crippen LogP contribution in [0.4, 0.5) is 0 Å². The van der Waals surface area contributed by atoms with Crippen LogP contribution in [0.1, 0.15) is 24.8 Å². The van der Waals surface area contributed by atoms with Crippen molar-refractivity contribution in [3.05, 3.63) is 35.9 Å². The summed E-state index contributed by atoms with van der Waals surface area (Å²) >= 11 is 0. The Bertz CT molecular complexity index is 406. The zero-order valence-electron chi connectivity index (χ0n) is 10.5. The molecule has 2 aliphatic heterocycles. The van der Waals surface area contributed by atoms with Crippen molar-refractivity contribution < 1.29 is 9.53 Å². The Hall–Kier alpha value is -1.35. The number of benzene rings is 1. The zero-order valence-corrected chi connectivity index (χ0v) is 10.5. The van der Waals surface area contributed by atoms with Gasteiger partial charge in [-0.2, -0.15) is 0 Å². The van der Waals surface area contributed by atoms with Crippen LogP contribution >= 0.6 is 0 Å². The second kappa shape index (κ2) is 5.11. The van der Waals surface area contributed by atoms with Gasteiger partial charge in [-0.25, -0.2) is 0 Å². The van der Waals surface area contributed by atoms with E-state index >= 15 is 0 Å². The van der Waals surface area contributed by atoms with Gasteiger partial charge in [0.1, 0.15) is 6.61 Å². The van der Waals surface area contributed by atoms with Gasteiger partial charge in [0.2, 0.25) is 0 Å². The fourth-order valence-corrected chi connectivity index (χ4v) is 3.11. The lowest BCUT2D eigenvalue weighted by molar-refractivity contribution is -0.149. The molecule has 0 radical (unpaired) electrons. The molecule has 18 heavy (non-hydrogen) atoms. The quantitative estimate of drug-likeness (QED) is 0.765. The molecular formula is C15H19NO2. The number of nitrogens with zero attached hydrogens (tertiary/aromatic N) is 1. The highest BCUT2D eigenvalue weighted by Gasteiger charge is 2.39. The molecule has 96 valence electrons. The fraction of sp³-hybridized carbons (Fsp3) is 0.533. The van der Waals surface area contributed by atoms with E-state index in [1.165, 1.54) is 12.8 Å². The summed E-state index contributed by atoms with van der Waals surface area (Å²) in [5.41, 5.74) is 1.06. The van der Waals surface area contributed by atoms with Crippen LogP contribution in [0.5, 0.6) is 0 Å². The Morgan fingerprint density at radius 2 is 2.17 bits per heavy atom. The minimum atomic E-state index is -0.0201. The first-order valence-electron chi connectivity index (χ1n) is 6.77. The van der Waals surface area contributed by atoms with E-state index in [1.807, 2.05) is 30.3 Å². The molecule has 0 aliphatic carbocycles. The predicted octanol–water partition coefficient (Wildman–Crippen LogP) is 2.21. The second-order valence-electron chi connectivity index (χ2n) is 5.32. The SMILES string of the molecule is O=C(OCc1ccccc1)[C@H]1CC2CCCN2C1. The van der Waals surface area contributed by atoms with Crippen LogP contribution in [0.15, 0.2) is 30.3 Å². The molecule has 3 rings (SSSR count). The summed E-state index contributed by atoms with van der Waals surface area (Å²) in [6.07, 6.45) is 3.53. The first kappa shape index (κ1) is 11.7. The van der Waals surface area contributed by atoms with E-state index in [1.54, 1.807) is 0 Å². The number of esters is 1. The Morgan fingerprint density at radius 1 is 1.33 bits per heavy atom. The molecule has 0 amide bonds. The van der Waals surface area contributed by atoms with Gasteiger partial charge in [-0.05, 0) is 31.4 Å². The van der Waals surface area contributed by atoms with Crippen molar-refractivity contribution in [2.24, 2.45) is 5.92 Å². The molecular weight excluding hydrogens is 226 g/mol. The molecule has 2 fully saturated rings. The summed E-state index contributed by atoms with van der Waals surface area (Å²) in [6.45, 7) is 2.46. The van der Waals surface area contributed by atoms with E-state index < -0.39 is 0 Å². The van der Waals surface area contributed by atoms with Gasteiger partial charge in [0.05, 0.1) is 5.92 Å². The minimum Gasteiger partial charge on any atom is -0.461 e. The minimum absolute atomic E-state index is 0.0201. The van der Waals surface area contributed by atoms with Crippen molar-refractivity contribution in [3.63, 3.8) is 0 Å². The molecule has 1 unspecified atom stereocenters. The van der Waals surface area contributed by atoms with Crippen molar-refractivity contribution in [1.29, 1.82) is 0 Å². The molecule has 3 nitrogen and oxygen atoms in total. The lowest BCUT2D eigenvalue weighted by Gasteiger charge is -2.13. The summed E-state index contributed by atoms with van der Waals surface area (Å²) in [7, 11) is 0. The van der Waals surface area contributed by atoms with Gasteiger partial charge in [0.15, 0.2) is 0 Å². The monoisotopic (exact) mass is 245 g/mol. The lowest BCUT2D eigenvalue weighted by Crippen LogP contribution is -2.24. The van der Waals surface area contributed by atoms with Gasteiger partial charge in [-0.1, -0.05) is 30.3 Å². The third kappa shape index (κ3) is 2.41. The van der Waals surface area contributed by atoms with Crippen LogP contribution in [-0.4, -0.2) is 30.0 Å². The van der Waals surface area contributed by atoms with E-state index in [9.17, 15) is 4.79 Å². The molecule has 2 heterocycles. The smallest absolute Gasteiger partial charge is 0.310 e. The maximum atomic E-state index is 12.0. The highest BCUT2D eigenvalue weighted by atomic mass is 16.5. The molecule has 0 bridgehead atoms. The first-order chi connectivity index (χ1) is 8.83. The first-order valence-corrected chi connectivity index (χ1v) is 6.77. The van der Waals surface area contributed by atoms with Crippen LogP contribution in [0.3, 0.4) is 0 Å². The van der Waals surface area contributed by atoms with E-state index in [4.69, 9.17) is 4.74 Å². The number of carbonyl (C=O) groups excluding carboxylic acids is 1. The largest absolute Gasteiger partial charge is 0.461 e. The van der Waals surface area contributed by atoms with Crippen molar-refractivity contribution in [3.8, 4) is 0 Å². The molecule has 1 aromatic carbocycles. The van der Waals surface area contributed by atoms with Gasteiger partial charge in [0, 0.05) is 12.6 Å². The Morgan fingerprint density at radius 3 is 2.94 bits per heavy atom. The number of ether oxygens (including phenoxy) is 1.